The number of hydrogen-bond donors (Lipinski definition) is 1. The summed E-state index contributed by atoms with van der Waals surface area (Å²) in [6.07, 6.45) is 4.13. The highest BCUT2D eigenvalue weighted by atomic mass is 19.2. The number of hydrogen-bond acceptors (Lipinski definition) is 2. The predicted octanol–water partition coefficient (Wildman–Crippen LogP) is 2.80. The Labute approximate surface area is 107 Å². The van der Waals surface area contributed by atoms with Crippen LogP contribution in [0, 0.1) is 11.6 Å². The first-order valence-corrected chi connectivity index (χ1v) is 6.37. The standard InChI is InChI=1S/C14H20F2N2/c1-18(2)12-8-10(7-11(15)13(12)16)14(9-17)5-3-4-6-14/h7-8H,3-6,9,17H2,1-2H3. The average molecular weight is 254 g/mol. The van der Waals surface area contributed by atoms with E-state index in [0.717, 1.165) is 31.2 Å². The van der Waals surface area contributed by atoms with Crippen LogP contribution in [0.25, 0.3) is 0 Å². The van der Waals surface area contributed by atoms with Crippen molar-refractivity contribution in [3.8, 4) is 0 Å². The van der Waals surface area contributed by atoms with E-state index in [1.165, 1.54) is 6.07 Å². The zero-order valence-corrected chi connectivity index (χ0v) is 11.0. The lowest BCUT2D eigenvalue weighted by Gasteiger charge is -2.29. The molecular formula is C14H20F2N2. The minimum atomic E-state index is -0.783. The molecule has 0 atom stereocenters. The van der Waals surface area contributed by atoms with Gasteiger partial charge in [-0.05, 0) is 30.5 Å². The van der Waals surface area contributed by atoms with Crippen molar-refractivity contribution in [2.45, 2.75) is 31.1 Å². The summed E-state index contributed by atoms with van der Waals surface area (Å²) in [6, 6.07) is 3.07. The molecule has 0 saturated heterocycles. The van der Waals surface area contributed by atoms with Gasteiger partial charge in [0.05, 0.1) is 5.69 Å². The van der Waals surface area contributed by atoms with E-state index >= 15 is 0 Å². The van der Waals surface area contributed by atoms with Gasteiger partial charge in [0.25, 0.3) is 0 Å². The lowest BCUT2D eigenvalue weighted by molar-refractivity contribution is 0.443. The summed E-state index contributed by atoms with van der Waals surface area (Å²) < 4.78 is 27.4. The fourth-order valence-corrected chi connectivity index (χ4v) is 2.87. The van der Waals surface area contributed by atoms with E-state index in [1.807, 2.05) is 0 Å². The summed E-state index contributed by atoms with van der Waals surface area (Å²) in [7, 11) is 3.43. The van der Waals surface area contributed by atoms with E-state index in [2.05, 4.69) is 0 Å². The molecule has 0 amide bonds. The van der Waals surface area contributed by atoms with E-state index in [9.17, 15) is 8.78 Å². The number of rotatable bonds is 3. The minimum absolute atomic E-state index is 0.167. The van der Waals surface area contributed by atoms with Gasteiger partial charge in [-0.3, -0.25) is 0 Å². The normalized spacial score (nSPS) is 18.1. The van der Waals surface area contributed by atoms with Gasteiger partial charge >= 0.3 is 0 Å². The molecule has 0 bridgehead atoms. The van der Waals surface area contributed by atoms with Crippen LogP contribution in [0.2, 0.25) is 0 Å². The monoisotopic (exact) mass is 254 g/mol. The largest absolute Gasteiger partial charge is 0.375 e. The third-order valence-corrected chi connectivity index (χ3v) is 4.05. The number of anilines is 1. The van der Waals surface area contributed by atoms with E-state index < -0.39 is 11.6 Å². The Morgan fingerprint density at radius 2 is 1.83 bits per heavy atom. The van der Waals surface area contributed by atoms with Crippen molar-refractivity contribution >= 4 is 5.69 Å². The summed E-state index contributed by atoms with van der Waals surface area (Å²) in [5.41, 5.74) is 6.85. The van der Waals surface area contributed by atoms with Gasteiger partial charge in [0.1, 0.15) is 0 Å². The highest BCUT2D eigenvalue weighted by Gasteiger charge is 2.35. The van der Waals surface area contributed by atoms with Crippen molar-refractivity contribution in [1.29, 1.82) is 0 Å². The maximum absolute atomic E-state index is 13.7. The van der Waals surface area contributed by atoms with Crippen LogP contribution < -0.4 is 10.6 Å². The molecule has 1 fully saturated rings. The van der Waals surface area contributed by atoms with Gasteiger partial charge in [-0.2, -0.15) is 0 Å². The second-order valence-corrected chi connectivity index (χ2v) is 5.38. The molecule has 0 aromatic heterocycles. The highest BCUT2D eigenvalue weighted by molar-refractivity contribution is 5.51. The number of benzene rings is 1. The van der Waals surface area contributed by atoms with Crippen LogP contribution in [0.15, 0.2) is 12.1 Å². The molecule has 1 aliphatic rings. The first kappa shape index (κ1) is 13.3. The molecule has 1 saturated carbocycles. The van der Waals surface area contributed by atoms with Crippen LogP contribution in [0.3, 0.4) is 0 Å². The fourth-order valence-electron chi connectivity index (χ4n) is 2.87. The van der Waals surface area contributed by atoms with Crippen LogP contribution in [0.1, 0.15) is 31.2 Å². The van der Waals surface area contributed by atoms with Crippen LogP contribution in [-0.4, -0.2) is 20.6 Å². The molecule has 100 valence electrons. The third-order valence-electron chi connectivity index (χ3n) is 4.05. The summed E-state index contributed by atoms with van der Waals surface area (Å²) >= 11 is 0. The molecule has 0 aliphatic heterocycles. The van der Waals surface area contributed by atoms with E-state index in [0.29, 0.717) is 12.2 Å². The quantitative estimate of drug-likeness (QED) is 0.898. The molecule has 1 aromatic carbocycles. The van der Waals surface area contributed by atoms with Gasteiger partial charge < -0.3 is 10.6 Å². The molecule has 18 heavy (non-hydrogen) atoms. The number of halogens is 2. The molecule has 0 heterocycles. The minimum Gasteiger partial charge on any atom is -0.375 e. The highest BCUT2D eigenvalue weighted by Crippen LogP contribution is 2.42. The Morgan fingerprint density at radius 1 is 1.22 bits per heavy atom. The summed E-state index contributed by atoms with van der Waals surface area (Å²) in [6.45, 7) is 0.491. The molecule has 0 spiro atoms. The second kappa shape index (κ2) is 4.84. The topological polar surface area (TPSA) is 29.3 Å². The maximum Gasteiger partial charge on any atom is 0.182 e. The molecule has 1 aromatic rings. The number of nitrogens with two attached hydrogens (primary N) is 1. The smallest absolute Gasteiger partial charge is 0.182 e. The third kappa shape index (κ3) is 2.09. The molecule has 2 rings (SSSR count). The molecular weight excluding hydrogens is 234 g/mol. The van der Waals surface area contributed by atoms with Crippen molar-refractivity contribution in [2.24, 2.45) is 5.73 Å². The van der Waals surface area contributed by atoms with Crippen LogP contribution in [-0.2, 0) is 5.41 Å². The first-order valence-electron chi connectivity index (χ1n) is 6.37. The number of nitrogens with zero attached hydrogens (tertiary/aromatic N) is 1. The van der Waals surface area contributed by atoms with Gasteiger partial charge in [0.15, 0.2) is 11.6 Å². The van der Waals surface area contributed by atoms with Gasteiger partial charge in [0, 0.05) is 26.1 Å². The van der Waals surface area contributed by atoms with Crippen molar-refractivity contribution in [3.05, 3.63) is 29.3 Å². The summed E-state index contributed by atoms with van der Waals surface area (Å²) in [5.74, 6) is -1.56. The fraction of sp³-hybridized carbons (Fsp3) is 0.571. The van der Waals surface area contributed by atoms with E-state index in [1.54, 1.807) is 25.1 Å². The van der Waals surface area contributed by atoms with Crippen molar-refractivity contribution in [3.63, 3.8) is 0 Å². The Hall–Kier alpha value is -1.16. The maximum atomic E-state index is 13.7. The molecule has 2 N–H and O–H groups in total. The Kier molecular flexibility index (Phi) is 3.57. The van der Waals surface area contributed by atoms with Crippen molar-refractivity contribution in [2.75, 3.05) is 25.5 Å². The zero-order valence-electron chi connectivity index (χ0n) is 11.0. The first-order chi connectivity index (χ1) is 8.50. The van der Waals surface area contributed by atoms with Gasteiger partial charge in [0.2, 0.25) is 0 Å². The molecule has 1 aliphatic carbocycles. The lowest BCUT2D eigenvalue weighted by atomic mass is 9.78. The molecule has 2 nitrogen and oxygen atoms in total. The Bertz CT molecular complexity index is 438. The lowest BCUT2D eigenvalue weighted by Crippen LogP contribution is -2.32. The van der Waals surface area contributed by atoms with Gasteiger partial charge in [-0.1, -0.05) is 12.8 Å². The Balaban J connectivity index is 2.51. The van der Waals surface area contributed by atoms with E-state index in [4.69, 9.17) is 5.73 Å². The second-order valence-electron chi connectivity index (χ2n) is 5.38. The zero-order chi connectivity index (χ0) is 13.3. The summed E-state index contributed by atoms with van der Waals surface area (Å²) in [5, 5.41) is 0. The summed E-state index contributed by atoms with van der Waals surface area (Å²) in [4.78, 5) is 1.60. The SMILES string of the molecule is CN(C)c1cc(C2(CN)CCCC2)cc(F)c1F. The van der Waals surface area contributed by atoms with Crippen LogP contribution in [0.5, 0.6) is 0 Å². The van der Waals surface area contributed by atoms with Crippen LogP contribution >= 0.6 is 0 Å². The Morgan fingerprint density at radius 3 is 2.33 bits per heavy atom. The molecule has 0 radical (unpaired) electrons. The molecule has 4 heteroatoms. The molecule has 0 unspecified atom stereocenters. The van der Waals surface area contributed by atoms with Gasteiger partial charge in [-0.15, -0.1) is 0 Å². The average Bonchev–Trinajstić information content (AvgIpc) is 2.82. The van der Waals surface area contributed by atoms with Crippen molar-refractivity contribution in [1.82, 2.24) is 0 Å². The van der Waals surface area contributed by atoms with Gasteiger partial charge in [-0.25, -0.2) is 8.78 Å². The van der Waals surface area contributed by atoms with Crippen molar-refractivity contribution < 1.29 is 8.78 Å². The predicted molar refractivity (Wildman–Crippen MR) is 69.9 cm³/mol. The van der Waals surface area contributed by atoms with E-state index in [-0.39, 0.29) is 5.41 Å². The van der Waals surface area contributed by atoms with Crippen LogP contribution in [0.4, 0.5) is 14.5 Å².